The summed E-state index contributed by atoms with van der Waals surface area (Å²) in [6, 6.07) is 0.750. The molecule has 0 heterocycles. The van der Waals surface area contributed by atoms with Gasteiger partial charge in [-0.25, -0.2) is 0 Å². The van der Waals surface area contributed by atoms with Gasteiger partial charge < -0.3 is 10.6 Å². The summed E-state index contributed by atoms with van der Waals surface area (Å²) in [6.07, 6.45) is 1.75. The third kappa shape index (κ3) is 3.77. The Balaban J connectivity index is 2.10. The maximum Gasteiger partial charge on any atom is 0.221 e. The zero-order valence-electron chi connectivity index (χ0n) is 8.76. The van der Waals surface area contributed by atoms with E-state index >= 15 is 0 Å². The van der Waals surface area contributed by atoms with Gasteiger partial charge in [0, 0.05) is 18.5 Å². The molecule has 1 aliphatic rings. The second-order valence-corrected chi connectivity index (χ2v) is 4.05. The molecule has 1 rings (SSSR count). The first-order valence-electron chi connectivity index (χ1n) is 5.16. The molecule has 0 bridgehead atoms. The van der Waals surface area contributed by atoms with Crippen LogP contribution in [0.5, 0.6) is 0 Å². The number of carbonyl (C=O) groups is 1. The van der Waals surface area contributed by atoms with Gasteiger partial charge in [-0.1, -0.05) is 13.8 Å². The van der Waals surface area contributed by atoms with Crippen LogP contribution in [0.4, 0.5) is 0 Å². The van der Waals surface area contributed by atoms with Gasteiger partial charge in [0.15, 0.2) is 0 Å². The Hall–Kier alpha value is -0.570. The van der Waals surface area contributed by atoms with Crippen molar-refractivity contribution in [3.8, 4) is 0 Å². The van der Waals surface area contributed by atoms with Crippen molar-refractivity contribution >= 4 is 5.91 Å². The molecule has 3 nitrogen and oxygen atoms in total. The Bertz CT molecular complexity index is 182. The zero-order chi connectivity index (χ0) is 9.84. The molecule has 0 aromatic heterocycles. The summed E-state index contributed by atoms with van der Waals surface area (Å²) in [5.41, 5.74) is 0. The fourth-order valence-corrected chi connectivity index (χ4v) is 1.49. The first-order chi connectivity index (χ1) is 6.13. The number of nitrogens with one attached hydrogen (secondary N) is 2. The van der Waals surface area contributed by atoms with Crippen molar-refractivity contribution in [3.63, 3.8) is 0 Å². The lowest BCUT2D eigenvalue weighted by molar-refractivity contribution is -0.121. The average molecular weight is 184 g/mol. The fraction of sp³-hybridized carbons (Fsp3) is 0.900. The molecular formula is C10H20N2O. The SMILES string of the molecule is CCNC(C)CC(=O)NC1CC1C. The van der Waals surface area contributed by atoms with Gasteiger partial charge in [0.2, 0.25) is 5.91 Å². The van der Waals surface area contributed by atoms with Crippen LogP contribution in [0.3, 0.4) is 0 Å². The zero-order valence-corrected chi connectivity index (χ0v) is 8.76. The van der Waals surface area contributed by atoms with E-state index in [0.717, 1.165) is 13.0 Å². The van der Waals surface area contributed by atoms with E-state index in [2.05, 4.69) is 24.5 Å². The van der Waals surface area contributed by atoms with Gasteiger partial charge in [-0.2, -0.15) is 0 Å². The van der Waals surface area contributed by atoms with Crippen LogP contribution < -0.4 is 10.6 Å². The van der Waals surface area contributed by atoms with Crippen molar-refractivity contribution in [1.29, 1.82) is 0 Å². The van der Waals surface area contributed by atoms with Crippen LogP contribution in [-0.2, 0) is 4.79 Å². The van der Waals surface area contributed by atoms with Crippen molar-refractivity contribution in [3.05, 3.63) is 0 Å². The first-order valence-corrected chi connectivity index (χ1v) is 5.16. The second kappa shape index (κ2) is 4.61. The normalized spacial score (nSPS) is 28.2. The number of amides is 1. The van der Waals surface area contributed by atoms with Gasteiger partial charge in [-0.15, -0.1) is 0 Å². The maximum atomic E-state index is 11.4. The molecule has 76 valence electrons. The standard InChI is InChI=1S/C10H20N2O/c1-4-11-8(3)6-10(13)12-9-5-7(9)2/h7-9,11H,4-6H2,1-3H3,(H,12,13). The monoisotopic (exact) mass is 184 g/mol. The second-order valence-electron chi connectivity index (χ2n) is 4.05. The van der Waals surface area contributed by atoms with Gasteiger partial charge >= 0.3 is 0 Å². The van der Waals surface area contributed by atoms with Crippen molar-refractivity contribution in [1.82, 2.24) is 10.6 Å². The molecule has 1 aliphatic carbocycles. The van der Waals surface area contributed by atoms with E-state index in [4.69, 9.17) is 0 Å². The third-order valence-corrected chi connectivity index (χ3v) is 2.50. The molecule has 1 fully saturated rings. The molecule has 3 unspecified atom stereocenters. The van der Waals surface area contributed by atoms with Crippen LogP contribution in [0.15, 0.2) is 0 Å². The molecule has 13 heavy (non-hydrogen) atoms. The van der Waals surface area contributed by atoms with Gasteiger partial charge in [0.05, 0.1) is 0 Å². The minimum absolute atomic E-state index is 0.183. The minimum atomic E-state index is 0.183. The van der Waals surface area contributed by atoms with Crippen LogP contribution in [0, 0.1) is 5.92 Å². The van der Waals surface area contributed by atoms with Gasteiger partial charge in [0.25, 0.3) is 0 Å². The number of hydrogen-bond donors (Lipinski definition) is 2. The molecule has 3 heteroatoms. The lowest BCUT2D eigenvalue weighted by Crippen LogP contribution is -2.34. The number of carbonyl (C=O) groups excluding carboxylic acids is 1. The highest BCUT2D eigenvalue weighted by Gasteiger charge is 2.33. The molecule has 0 aliphatic heterocycles. The Labute approximate surface area is 80.3 Å². The summed E-state index contributed by atoms with van der Waals surface area (Å²) in [7, 11) is 0. The highest BCUT2D eigenvalue weighted by molar-refractivity contribution is 5.77. The molecule has 0 aromatic rings. The van der Waals surface area contributed by atoms with Crippen LogP contribution in [0.1, 0.15) is 33.6 Å². The quantitative estimate of drug-likeness (QED) is 0.666. The molecule has 0 radical (unpaired) electrons. The smallest absolute Gasteiger partial charge is 0.221 e. The topological polar surface area (TPSA) is 41.1 Å². The molecule has 0 saturated heterocycles. The molecule has 3 atom stereocenters. The van der Waals surface area contributed by atoms with Crippen molar-refractivity contribution in [2.75, 3.05) is 6.54 Å². The predicted octanol–water partition coefficient (Wildman–Crippen LogP) is 0.899. The van der Waals surface area contributed by atoms with Crippen LogP contribution in [0.2, 0.25) is 0 Å². The van der Waals surface area contributed by atoms with E-state index < -0.39 is 0 Å². The number of rotatable bonds is 5. The first kappa shape index (κ1) is 10.5. The Kier molecular flexibility index (Phi) is 3.72. The molecule has 0 spiro atoms. The van der Waals surface area contributed by atoms with E-state index in [1.54, 1.807) is 0 Å². The van der Waals surface area contributed by atoms with E-state index in [0.29, 0.717) is 24.4 Å². The largest absolute Gasteiger partial charge is 0.353 e. The maximum absolute atomic E-state index is 11.4. The highest BCUT2D eigenvalue weighted by Crippen LogP contribution is 2.28. The van der Waals surface area contributed by atoms with Crippen molar-refractivity contribution in [2.45, 2.75) is 45.7 Å². The Morgan fingerprint density at radius 2 is 2.23 bits per heavy atom. The fourth-order valence-electron chi connectivity index (χ4n) is 1.49. The van der Waals surface area contributed by atoms with E-state index in [9.17, 15) is 4.79 Å². The summed E-state index contributed by atoms with van der Waals surface area (Å²) < 4.78 is 0. The van der Waals surface area contributed by atoms with Crippen molar-refractivity contribution in [2.24, 2.45) is 5.92 Å². The van der Waals surface area contributed by atoms with Crippen LogP contribution in [-0.4, -0.2) is 24.5 Å². The van der Waals surface area contributed by atoms with Gasteiger partial charge in [0.1, 0.15) is 0 Å². The highest BCUT2D eigenvalue weighted by atomic mass is 16.1. The summed E-state index contributed by atoms with van der Waals surface area (Å²) in [4.78, 5) is 11.4. The van der Waals surface area contributed by atoms with E-state index in [1.807, 2.05) is 6.92 Å². The molecular weight excluding hydrogens is 164 g/mol. The lowest BCUT2D eigenvalue weighted by Gasteiger charge is -2.11. The Morgan fingerprint density at radius 3 is 2.69 bits per heavy atom. The van der Waals surface area contributed by atoms with Crippen LogP contribution in [0.25, 0.3) is 0 Å². The van der Waals surface area contributed by atoms with Gasteiger partial charge in [-0.3, -0.25) is 4.79 Å². The molecule has 1 saturated carbocycles. The average Bonchev–Trinajstić information content (AvgIpc) is 2.65. The summed E-state index contributed by atoms with van der Waals surface area (Å²) in [5, 5.41) is 6.23. The van der Waals surface area contributed by atoms with Crippen LogP contribution >= 0.6 is 0 Å². The van der Waals surface area contributed by atoms with Gasteiger partial charge in [-0.05, 0) is 25.8 Å². The van der Waals surface area contributed by atoms with E-state index in [1.165, 1.54) is 0 Å². The third-order valence-electron chi connectivity index (χ3n) is 2.50. The van der Waals surface area contributed by atoms with Crippen molar-refractivity contribution < 1.29 is 4.79 Å². The summed E-state index contributed by atoms with van der Waals surface area (Å²) >= 11 is 0. The Morgan fingerprint density at radius 1 is 1.62 bits per heavy atom. The lowest BCUT2D eigenvalue weighted by atomic mass is 10.2. The molecule has 2 N–H and O–H groups in total. The predicted molar refractivity (Wildman–Crippen MR) is 53.5 cm³/mol. The number of hydrogen-bond acceptors (Lipinski definition) is 2. The molecule has 1 amide bonds. The minimum Gasteiger partial charge on any atom is -0.353 e. The summed E-state index contributed by atoms with van der Waals surface area (Å²) in [6.45, 7) is 7.18. The molecule has 0 aromatic carbocycles. The van der Waals surface area contributed by atoms with E-state index in [-0.39, 0.29) is 5.91 Å². The summed E-state index contributed by atoms with van der Waals surface area (Å²) in [5.74, 6) is 0.876.